The van der Waals surface area contributed by atoms with Crippen LogP contribution in [0.2, 0.25) is 0 Å². The van der Waals surface area contributed by atoms with Gasteiger partial charge in [0.2, 0.25) is 0 Å². The number of hydrogen-bond acceptors (Lipinski definition) is 4. The molecule has 0 saturated heterocycles. The van der Waals surface area contributed by atoms with Crippen molar-refractivity contribution in [1.29, 1.82) is 0 Å². The number of carbonyl (C=O) groups is 1. The Balaban J connectivity index is 2.14. The Morgan fingerprint density at radius 3 is 2.42 bits per heavy atom. The second-order valence-corrected chi connectivity index (χ2v) is 7.35. The Hall–Kier alpha value is -4.14. The van der Waals surface area contributed by atoms with Gasteiger partial charge in [-0.2, -0.15) is 13.2 Å². The van der Waals surface area contributed by atoms with Crippen molar-refractivity contribution in [2.24, 2.45) is 0 Å². The number of rotatable bonds is 4. The molecular formula is C24H17F3N2O4. The third-order valence-electron chi connectivity index (χ3n) is 5.45. The first-order chi connectivity index (χ1) is 15.6. The number of halogens is 3. The van der Waals surface area contributed by atoms with E-state index in [0.717, 1.165) is 12.1 Å². The van der Waals surface area contributed by atoms with Gasteiger partial charge in [0.05, 0.1) is 34.4 Å². The van der Waals surface area contributed by atoms with Gasteiger partial charge < -0.3 is 9.64 Å². The van der Waals surface area contributed by atoms with Gasteiger partial charge in [0.1, 0.15) is 5.75 Å². The fourth-order valence-electron chi connectivity index (χ4n) is 3.90. The summed E-state index contributed by atoms with van der Waals surface area (Å²) in [5.41, 5.74) is -0.171. The van der Waals surface area contributed by atoms with Crippen LogP contribution in [-0.2, 0) is 11.0 Å². The lowest BCUT2D eigenvalue weighted by Gasteiger charge is -2.15. The van der Waals surface area contributed by atoms with E-state index in [2.05, 4.69) is 0 Å². The highest BCUT2D eigenvalue weighted by atomic mass is 19.4. The number of anilines is 1. The number of amides is 1. The maximum Gasteiger partial charge on any atom is 0.416 e. The van der Waals surface area contributed by atoms with Crippen LogP contribution in [0.25, 0.3) is 11.1 Å². The molecule has 4 rings (SSSR count). The number of hydrogen-bond donors (Lipinski definition) is 0. The summed E-state index contributed by atoms with van der Waals surface area (Å²) in [5, 5.41) is 11.8. The summed E-state index contributed by atoms with van der Waals surface area (Å²) >= 11 is 0. The molecule has 0 unspecified atom stereocenters. The van der Waals surface area contributed by atoms with Crippen LogP contribution >= 0.6 is 0 Å². The Kier molecular flexibility index (Phi) is 5.41. The van der Waals surface area contributed by atoms with E-state index in [1.165, 1.54) is 55.5 Å². The Morgan fingerprint density at radius 1 is 1.03 bits per heavy atom. The fraction of sp³-hybridized carbons (Fsp3) is 0.125. The Morgan fingerprint density at radius 2 is 1.76 bits per heavy atom. The van der Waals surface area contributed by atoms with Gasteiger partial charge >= 0.3 is 6.18 Å². The van der Waals surface area contributed by atoms with E-state index >= 15 is 0 Å². The number of fused-ring (bicyclic) bond motifs is 1. The first kappa shape index (κ1) is 22.1. The molecule has 0 aliphatic carbocycles. The summed E-state index contributed by atoms with van der Waals surface area (Å²) in [6.07, 6.45) is -4.63. The third-order valence-corrected chi connectivity index (χ3v) is 5.45. The topological polar surface area (TPSA) is 72.7 Å². The van der Waals surface area contributed by atoms with Gasteiger partial charge in [0.15, 0.2) is 0 Å². The van der Waals surface area contributed by atoms with Gasteiger partial charge in [0.25, 0.3) is 11.6 Å². The SMILES string of the molecule is COc1ccc2c(c1)/C(=C(/c1cccc(C(F)(F)F)c1)c1ccccc1[N+](=O)[O-])C(=O)N2C. The van der Waals surface area contributed by atoms with Crippen molar-refractivity contribution in [2.75, 3.05) is 19.1 Å². The monoisotopic (exact) mass is 454 g/mol. The quantitative estimate of drug-likeness (QED) is 0.294. The summed E-state index contributed by atoms with van der Waals surface area (Å²) < 4.78 is 45.7. The van der Waals surface area contributed by atoms with E-state index in [0.29, 0.717) is 17.0 Å². The van der Waals surface area contributed by atoms with Crippen LogP contribution in [0.5, 0.6) is 5.75 Å². The number of methoxy groups -OCH3 is 1. The molecule has 1 amide bonds. The minimum atomic E-state index is -4.63. The molecular weight excluding hydrogens is 437 g/mol. The first-order valence-electron chi connectivity index (χ1n) is 9.75. The standard InChI is InChI=1S/C24H17F3N2O4/c1-28-19-11-10-16(33-2)13-18(19)22(23(28)30)21(17-8-3-4-9-20(17)29(31)32)14-6-5-7-15(12-14)24(25,26)27/h3-13H,1-2H3/b22-21+. The third kappa shape index (κ3) is 3.82. The van der Waals surface area contributed by atoms with Crippen LogP contribution in [0, 0.1) is 10.1 Å². The first-order valence-corrected chi connectivity index (χ1v) is 9.75. The predicted octanol–water partition coefficient (Wildman–Crippen LogP) is 5.56. The summed E-state index contributed by atoms with van der Waals surface area (Å²) in [4.78, 5) is 25.9. The van der Waals surface area contributed by atoms with E-state index < -0.39 is 22.6 Å². The summed E-state index contributed by atoms with van der Waals surface area (Å²) in [5.74, 6) is -0.0656. The summed E-state index contributed by atoms with van der Waals surface area (Å²) in [7, 11) is 2.98. The number of alkyl halides is 3. The number of carbonyl (C=O) groups excluding carboxylic acids is 1. The number of para-hydroxylation sites is 1. The molecule has 1 aliphatic heterocycles. The molecule has 0 atom stereocenters. The maximum atomic E-state index is 13.5. The van der Waals surface area contributed by atoms with Gasteiger partial charge in [0, 0.05) is 24.3 Å². The van der Waals surface area contributed by atoms with E-state index in [4.69, 9.17) is 4.74 Å². The predicted molar refractivity (Wildman–Crippen MR) is 117 cm³/mol. The van der Waals surface area contributed by atoms with E-state index in [-0.39, 0.29) is 28.0 Å². The van der Waals surface area contributed by atoms with Gasteiger partial charge in [-0.3, -0.25) is 14.9 Å². The molecule has 33 heavy (non-hydrogen) atoms. The highest BCUT2D eigenvalue weighted by molar-refractivity contribution is 6.39. The minimum Gasteiger partial charge on any atom is -0.497 e. The van der Waals surface area contributed by atoms with Gasteiger partial charge in [-0.1, -0.05) is 24.3 Å². The van der Waals surface area contributed by atoms with Crippen molar-refractivity contribution >= 4 is 28.4 Å². The second kappa shape index (κ2) is 8.09. The second-order valence-electron chi connectivity index (χ2n) is 7.35. The van der Waals surface area contributed by atoms with E-state index in [9.17, 15) is 28.1 Å². The number of nitro benzene ring substituents is 1. The molecule has 1 heterocycles. The van der Waals surface area contributed by atoms with Crippen LogP contribution in [0.4, 0.5) is 24.5 Å². The summed E-state index contributed by atoms with van der Waals surface area (Å²) in [6.45, 7) is 0. The molecule has 0 aromatic heterocycles. The number of nitro groups is 1. The number of ether oxygens (including phenoxy) is 1. The smallest absolute Gasteiger partial charge is 0.416 e. The molecule has 1 aliphatic rings. The number of likely N-dealkylation sites (N-methyl/N-ethyl adjacent to an activating group) is 1. The van der Waals surface area contributed by atoms with Gasteiger partial charge in [-0.15, -0.1) is 0 Å². The zero-order valence-corrected chi connectivity index (χ0v) is 17.5. The van der Waals surface area contributed by atoms with Crippen molar-refractivity contribution in [1.82, 2.24) is 0 Å². The molecule has 0 bridgehead atoms. The minimum absolute atomic E-state index is 0.0338. The number of nitrogens with zero attached hydrogens (tertiary/aromatic N) is 2. The lowest BCUT2D eigenvalue weighted by Crippen LogP contribution is -2.21. The molecule has 3 aromatic rings. The van der Waals surface area contributed by atoms with Crippen molar-refractivity contribution in [3.63, 3.8) is 0 Å². The molecule has 0 fully saturated rings. The highest BCUT2D eigenvalue weighted by Crippen LogP contribution is 2.46. The Bertz CT molecular complexity index is 1320. The summed E-state index contributed by atoms with van der Waals surface area (Å²) in [6, 6.07) is 15.0. The molecule has 0 spiro atoms. The average Bonchev–Trinajstić information content (AvgIpc) is 3.04. The molecule has 168 valence electrons. The van der Waals surface area contributed by atoms with Crippen LogP contribution in [0.3, 0.4) is 0 Å². The van der Waals surface area contributed by atoms with E-state index in [1.807, 2.05) is 0 Å². The largest absolute Gasteiger partial charge is 0.497 e. The maximum absolute atomic E-state index is 13.5. The highest BCUT2D eigenvalue weighted by Gasteiger charge is 2.36. The lowest BCUT2D eigenvalue weighted by atomic mass is 9.88. The molecule has 9 heteroatoms. The van der Waals surface area contributed by atoms with Crippen molar-refractivity contribution < 1.29 is 27.6 Å². The van der Waals surface area contributed by atoms with Crippen LogP contribution in [0.15, 0.2) is 66.7 Å². The lowest BCUT2D eigenvalue weighted by molar-refractivity contribution is -0.385. The number of benzene rings is 3. The van der Waals surface area contributed by atoms with Gasteiger partial charge in [-0.05, 0) is 42.0 Å². The fourth-order valence-corrected chi connectivity index (χ4v) is 3.90. The van der Waals surface area contributed by atoms with E-state index in [1.54, 1.807) is 18.2 Å². The van der Waals surface area contributed by atoms with Gasteiger partial charge in [-0.25, -0.2) is 0 Å². The van der Waals surface area contributed by atoms with Crippen molar-refractivity contribution in [2.45, 2.75) is 6.18 Å². The normalized spacial score (nSPS) is 14.8. The molecule has 0 saturated carbocycles. The molecule has 0 radical (unpaired) electrons. The molecule has 0 N–H and O–H groups in total. The van der Waals surface area contributed by atoms with Crippen molar-refractivity contribution in [3.05, 3.63) is 99.1 Å². The molecule has 6 nitrogen and oxygen atoms in total. The van der Waals surface area contributed by atoms with Crippen molar-refractivity contribution in [3.8, 4) is 5.75 Å². The van der Waals surface area contributed by atoms with Crippen LogP contribution in [-0.4, -0.2) is 25.0 Å². The molecule has 3 aromatic carbocycles. The Labute approximate surface area is 186 Å². The van der Waals surface area contributed by atoms with Crippen LogP contribution in [0.1, 0.15) is 22.3 Å². The van der Waals surface area contributed by atoms with Crippen LogP contribution < -0.4 is 9.64 Å². The average molecular weight is 454 g/mol. The zero-order chi connectivity index (χ0) is 23.9. The zero-order valence-electron chi connectivity index (χ0n) is 17.5.